The maximum absolute atomic E-state index is 12.5. The Kier molecular flexibility index (Phi) is 4.50. The van der Waals surface area contributed by atoms with E-state index >= 15 is 0 Å². The summed E-state index contributed by atoms with van der Waals surface area (Å²) in [7, 11) is 0. The van der Waals surface area contributed by atoms with Crippen LogP contribution in [0.4, 0.5) is 18.9 Å². The van der Waals surface area contributed by atoms with E-state index in [1.54, 1.807) is 0 Å². The lowest BCUT2D eigenvalue weighted by Crippen LogP contribution is -2.27. The van der Waals surface area contributed by atoms with Crippen molar-refractivity contribution in [3.8, 4) is 0 Å². The highest BCUT2D eigenvalue weighted by Crippen LogP contribution is 2.31. The van der Waals surface area contributed by atoms with Crippen molar-refractivity contribution in [3.05, 3.63) is 29.8 Å². The highest BCUT2D eigenvalue weighted by molar-refractivity contribution is 5.88. The predicted molar refractivity (Wildman–Crippen MR) is 73.9 cm³/mol. The first-order valence-corrected chi connectivity index (χ1v) is 6.60. The van der Waals surface area contributed by atoms with Crippen LogP contribution in [0.15, 0.2) is 29.4 Å². The number of amides is 1. The molecule has 0 aliphatic heterocycles. The Morgan fingerprint density at radius 1 is 1.38 bits per heavy atom. The maximum Gasteiger partial charge on any atom is 0.416 e. The first kappa shape index (κ1) is 15.3. The Balaban J connectivity index is 1.85. The summed E-state index contributed by atoms with van der Waals surface area (Å²) in [6.07, 6.45) is -2.22. The summed E-state index contributed by atoms with van der Waals surface area (Å²) in [5.74, 6) is 0.0640. The van der Waals surface area contributed by atoms with Crippen LogP contribution in [-0.4, -0.2) is 18.2 Å². The number of carbonyl (C=O) groups excluding carboxylic acids is 1. The summed E-state index contributed by atoms with van der Waals surface area (Å²) in [5.41, 5.74) is 2.75. The molecule has 0 spiro atoms. The Hall–Kier alpha value is -2.05. The topological polar surface area (TPSA) is 53.5 Å². The number of anilines is 1. The molecule has 0 heterocycles. The molecule has 4 nitrogen and oxygen atoms in total. The second-order valence-corrected chi connectivity index (χ2v) is 4.99. The molecule has 1 fully saturated rings. The first-order chi connectivity index (χ1) is 9.86. The Morgan fingerprint density at radius 2 is 2.10 bits per heavy atom. The molecule has 1 aliphatic rings. The van der Waals surface area contributed by atoms with Gasteiger partial charge in [0.25, 0.3) is 5.91 Å². The Morgan fingerprint density at radius 3 is 2.71 bits per heavy atom. The van der Waals surface area contributed by atoms with Crippen molar-refractivity contribution in [2.24, 2.45) is 11.0 Å². The number of carbonyl (C=O) groups is 1. The number of nitrogens with one attached hydrogen (secondary N) is 2. The van der Waals surface area contributed by atoms with Crippen LogP contribution < -0.4 is 10.7 Å². The van der Waals surface area contributed by atoms with Gasteiger partial charge < -0.3 is 5.32 Å². The van der Waals surface area contributed by atoms with E-state index in [-0.39, 0.29) is 12.2 Å². The zero-order valence-electron chi connectivity index (χ0n) is 11.5. The number of nitrogens with zero attached hydrogens (tertiary/aromatic N) is 1. The van der Waals surface area contributed by atoms with Gasteiger partial charge in [-0.05, 0) is 43.9 Å². The van der Waals surface area contributed by atoms with Crippen LogP contribution in [0, 0.1) is 5.92 Å². The smallest absolute Gasteiger partial charge is 0.376 e. The lowest BCUT2D eigenvalue weighted by Gasteiger charge is -2.10. The van der Waals surface area contributed by atoms with Crippen molar-refractivity contribution in [3.63, 3.8) is 0 Å². The minimum absolute atomic E-state index is 0.136. The minimum Gasteiger partial charge on any atom is -0.376 e. The molecule has 114 valence electrons. The van der Waals surface area contributed by atoms with E-state index in [0.29, 0.717) is 5.92 Å². The van der Waals surface area contributed by atoms with Gasteiger partial charge in [0.15, 0.2) is 0 Å². The zero-order valence-corrected chi connectivity index (χ0v) is 11.5. The Bertz CT molecular complexity index is 551. The minimum atomic E-state index is -4.40. The maximum atomic E-state index is 12.5. The third-order valence-electron chi connectivity index (χ3n) is 3.17. The molecule has 2 rings (SSSR count). The molecule has 1 saturated carbocycles. The summed E-state index contributed by atoms with van der Waals surface area (Å²) < 4.78 is 37.6. The van der Waals surface area contributed by atoms with E-state index in [0.717, 1.165) is 30.7 Å². The zero-order chi connectivity index (χ0) is 15.5. The lowest BCUT2D eigenvalue weighted by atomic mass is 10.2. The summed E-state index contributed by atoms with van der Waals surface area (Å²) in [5, 5.41) is 6.60. The van der Waals surface area contributed by atoms with Gasteiger partial charge in [0.2, 0.25) is 0 Å². The number of rotatable bonds is 5. The highest BCUT2D eigenvalue weighted by Gasteiger charge is 2.30. The van der Waals surface area contributed by atoms with Crippen LogP contribution in [0.3, 0.4) is 0 Å². The molecule has 0 unspecified atom stereocenters. The third kappa shape index (κ3) is 4.77. The quantitative estimate of drug-likeness (QED) is 0.648. The van der Waals surface area contributed by atoms with Gasteiger partial charge in [0, 0.05) is 11.4 Å². The van der Waals surface area contributed by atoms with Gasteiger partial charge in [0.1, 0.15) is 0 Å². The summed E-state index contributed by atoms with van der Waals surface area (Å²) in [6.45, 7) is 1.71. The van der Waals surface area contributed by atoms with Crippen LogP contribution in [0.25, 0.3) is 0 Å². The van der Waals surface area contributed by atoms with Crippen molar-refractivity contribution in [2.45, 2.75) is 25.9 Å². The van der Waals surface area contributed by atoms with Gasteiger partial charge in [-0.1, -0.05) is 6.07 Å². The number of benzene rings is 1. The summed E-state index contributed by atoms with van der Waals surface area (Å²) in [4.78, 5) is 11.5. The average Bonchev–Trinajstić information content (AvgIpc) is 3.26. The van der Waals surface area contributed by atoms with Crippen molar-refractivity contribution >= 4 is 17.3 Å². The molecule has 1 aliphatic carbocycles. The predicted octanol–water partition coefficient (Wildman–Crippen LogP) is 3.02. The lowest BCUT2D eigenvalue weighted by molar-refractivity contribution is -0.137. The number of hydrogen-bond acceptors (Lipinski definition) is 3. The van der Waals surface area contributed by atoms with Crippen molar-refractivity contribution in [2.75, 3.05) is 11.9 Å². The van der Waals surface area contributed by atoms with Gasteiger partial charge in [-0.25, -0.2) is 5.43 Å². The van der Waals surface area contributed by atoms with Crippen molar-refractivity contribution < 1.29 is 18.0 Å². The highest BCUT2D eigenvalue weighted by atomic mass is 19.4. The molecule has 21 heavy (non-hydrogen) atoms. The second-order valence-electron chi connectivity index (χ2n) is 4.99. The fourth-order valence-corrected chi connectivity index (χ4v) is 1.77. The van der Waals surface area contributed by atoms with Crippen molar-refractivity contribution in [1.82, 2.24) is 5.43 Å². The monoisotopic (exact) mass is 299 g/mol. The van der Waals surface area contributed by atoms with E-state index < -0.39 is 17.6 Å². The molecule has 1 aromatic carbocycles. The van der Waals surface area contributed by atoms with Crippen LogP contribution in [0.2, 0.25) is 0 Å². The van der Waals surface area contributed by atoms with Crippen LogP contribution in [0.1, 0.15) is 25.3 Å². The normalized spacial score (nSPS) is 15.7. The molecule has 0 saturated heterocycles. The number of hydrogen-bond donors (Lipinski definition) is 2. The second kappa shape index (κ2) is 6.15. The van der Waals surface area contributed by atoms with Crippen LogP contribution in [-0.2, 0) is 11.0 Å². The third-order valence-corrected chi connectivity index (χ3v) is 3.17. The number of halogens is 3. The average molecular weight is 299 g/mol. The van der Waals surface area contributed by atoms with Gasteiger partial charge in [-0.3, -0.25) is 4.79 Å². The van der Waals surface area contributed by atoms with Gasteiger partial charge in [-0.2, -0.15) is 18.3 Å². The summed E-state index contributed by atoms with van der Waals surface area (Å²) >= 11 is 0. The van der Waals surface area contributed by atoms with Gasteiger partial charge in [0.05, 0.1) is 12.1 Å². The van der Waals surface area contributed by atoms with Gasteiger partial charge >= 0.3 is 6.18 Å². The molecule has 0 radical (unpaired) electrons. The van der Waals surface area contributed by atoms with Gasteiger partial charge in [-0.15, -0.1) is 0 Å². The molecule has 7 heteroatoms. The van der Waals surface area contributed by atoms with E-state index in [4.69, 9.17) is 0 Å². The molecule has 0 bridgehead atoms. The van der Waals surface area contributed by atoms with E-state index in [9.17, 15) is 18.0 Å². The number of hydrazone groups is 1. The largest absolute Gasteiger partial charge is 0.416 e. The molecule has 1 amide bonds. The van der Waals surface area contributed by atoms with Crippen LogP contribution in [0.5, 0.6) is 0 Å². The standard InChI is InChI=1S/C14H16F3N3O/c1-9(10-5-6-10)19-20-13(21)8-18-12-4-2-3-11(7-12)14(15,16)17/h2-4,7,10,18H,5-6,8H2,1H3,(H,20,21)/b19-9-. The number of alkyl halides is 3. The van der Waals surface area contributed by atoms with E-state index in [1.807, 2.05) is 6.92 Å². The SMILES string of the molecule is C/C(=N/NC(=O)CNc1cccc(C(F)(F)F)c1)C1CC1. The molecule has 1 aromatic rings. The van der Waals surface area contributed by atoms with E-state index in [1.165, 1.54) is 12.1 Å². The fraction of sp³-hybridized carbons (Fsp3) is 0.429. The van der Waals surface area contributed by atoms with Crippen LogP contribution >= 0.6 is 0 Å². The molecule has 0 atom stereocenters. The first-order valence-electron chi connectivity index (χ1n) is 6.60. The molecular weight excluding hydrogens is 283 g/mol. The Labute approximate surface area is 120 Å². The molecule has 2 N–H and O–H groups in total. The van der Waals surface area contributed by atoms with Crippen molar-refractivity contribution in [1.29, 1.82) is 0 Å². The fourth-order valence-electron chi connectivity index (χ4n) is 1.77. The summed E-state index contributed by atoms with van der Waals surface area (Å²) in [6, 6.07) is 4.71. The molecular formula is C14H16F3N3O. The molecule has 0 aromatic heterocycles. The van der Waals surface area contributed by atoms with E-state index in [2.05, 4.69) is 15.8 Å².